The van der Waals surface area contributed by atoms with Gasteiger partial charge in [0, 0.05) is 29.7 Å². The molecule has 1 heterocycles. The molecule has 0 aliphatic carbocycles. The summed E-state index contributed by atoms with van der Waals surface area (Å²) >= 11 is 1.21. The van der Waals surface area contributed by atoms with E-state index in [2.05, 4.69) is 0 Å². The van der Waals surface area contributed by atoms with E-state index in [4.69, 9.17) is 4.74 Å². The molecule has 1 atom stereocenters. The van der Waals surface area contributed by atoms with Crippen molar-refractivity contribution in [2.24, 2.45) is 0 Å². The minimum absolute atomic E-state index is 0.0128. The van der Waals surface area contributed by atoms with Gasteiger partial charge in [0.25, 0.3) is 0 Å². The Hall–Kier alpha value is -2.12. The molecule has 0 fully saturated rings. The molecule has 1 aromatic carbocycles. The van der Waals surface area contributed by atoms with Crippen molar-refractivity contribution in [3.63, 3.8) is 0 Å². The maximum absolute atomic E-state index is 11.2. The Kier molecular flexibility index (Phi) is 4.44. The van der Waals surface area contributed by atoms with Crippen molar-refractivity contribution in [1.29, 1.82) is 0 Å². The lowest BCUT2D eigenvalue weighted by atomic mass is 10.2. The Morgan fingerprint density at radius 1 is 1.43 bits per heavy atom. The van der Waals surface area contributed by atoms with Gasteiger partial charge in [-0.2, -0.15) is 0 Å². The minimum Gasteiger partial charge on any atom is -0.497 e. The van der Waals surface area contributed by atoms with Gasteiger partial charge in [0.2, 0.25) is 0 Å². The number of hydrogen-bond acceptors (Lipinski definition) is 6. The van der Waals surface area contributed by atoms with E-state index in [0.717, 1.165) is 5.69 Å². The molecule has 1 aromatic heterocycles. The number of anilines is 2. The smallest absolute Gasteiger partial charge is 0.304 e. The molecule has 0 radical (unpaired) electrons. The maximum Gasteiger partial charge on any atom is 0.304 e. The number of benzene rings is 1. The summed E-state index contributed by atoms with van der Waals surface area (Å²) in [6, 6.07) is 8.68. The van der Waals surface area contributed by atoms with E-state index < -0.39 is 11.0 Å². The molecule has 0 bridgehead atoms. The van der Waals surface area contributed by atoms with Gasteiger partial charge in [-0.15, -0.1) is 11.3 Å². The number of thiophene rings is 1. The molecule has 0 aliphatic rings. The highest BCUT2D eigenvalue weighted by molar-refractivity contribution is 7.16. The molecule has 0 saturated carbocycles. The van der Waals surface area contributed by atoms with Crippen LogP contribution in [0.25, 0.3) is 0 Å². The second kappa shape index (κ2) is 6.11. The summed E-state index contributed by atoms with van der Waals surface area (Å²) in [5.74, 6) is 0.675. The first-order valence-electron chi connectivity index (χ1n) is 6.28. The lowest BCUT2D eigenvalue weighted by Crippen LogP contribution is -2.09. The zero-order valence-electron chi connectivity index (χ0n) is 11.9. The minimum atomic E-state index is -0.735. The van der Waals surface area contributed by atoms with Crippen LogP contribution in [-0.2, 0) is 0 Å². The van der Waals surface area contributed by atoms with Crippen molar-refractivity contribution in [3.05, 3.63) is 45.3 Å². The monoisotopic (exact) mass is 308 g/mol. The Balaban J connectivity index is 2.46. The van der Waals surface area contributed by atoms with E-state index in [1.165, 1.54) is 17.4 Å². The van der Waals surface area contributed by atoms with E-state index in [9.17, 15) is 15.2 Å². The van der Waals surface area contributed by atoms with Crippen LogP contribution in [0.3, 0.4) is 0 Å². The fourth-order valence-corrected chi connectivity index (χ4v) is 2.95. The van der Waals surface area contributed by atoms with Gasteiger partial charge in [0.05, 0.1) is 18.1 Å². The Bertz CT molecular complexity index is 654. The zero-order valence-corrected chi connectivity index (χ0v) is 12.8. The third-order valence-corrected chi connectivity index (χ3v) is 4.44. The molecule has 7 heteroatoms. The van der Waals surface area contributed by atoms with Crippen LogP contribution in [-0.4, -0.2) is 24.2 Å². The molecule has 21 heavy (non-hydrogen) atoms. The molecule has 0 amide bonds. The van der Waals surface area contributed by atoms with Crippen LogP contribution in [0.15, 0.2) is 30.3 Å². The molecule has 2 rings (SSSR count). The summed E-state index contributed by atoms with van der Waals surface area (Å²) in [7, 11) is 3.32. The highest BCUT2D eigenvalue weighted by Gasteiger charge is 2.24. The highest BCUT2D eigenvalue weighted by atomic mass is 32.1. The lowest BCUT2D eigenvalue weighted by molar-refractivity contribution is -0.383. The maximum atomic E-state index is 11.2. The van der Waals surface area contributed by atoms with Gasteiger partial charge in [-0.3, -0.25) is 10.1 Å². The van der Waals surface area contributed by atoms with Crippen molar-refractivity contribution in [2.75, 3.05) is 19.1 Å². The van der Waals surface area contributed by atoms with E-state index in [1.54, 1.807) is 38.1 Å². The van der Waals surface area contributed by atoms with Crippen molar-refractivity contribution in [1.82, 2.24) is 0 Å². The van der Waals surface area contributed by atoms with Crippen LogP contribution in [0.1, 0.15) is 17.9 Å². The summed E-state index contributed by atoms with van der Waals surface area (Å²) in [6.45, 7) is 1.59. The van der Waals surface area contributed by atoms with Gasteiger partial charge < -0.3 is 14.7 Å². The molecule has 0 spiro atoms. The second-order valence-electron chi connectivity index (χ2n) is 4.53. The average Bonchev–Trinajstić information content (AvgIpc) is 2.92. The Labute approximate surface area is 126 Å². The van der Waals surface area contributed by atoms with Crippen LogP contribution in [0.5, 0.6) is 5.75 Å². The van der Waals surface area contributed by atoms with Crippen LogP contribution in [0.2, 0.25) is 0 Å². The largest absolute Gasteiger partial charge is 0.497 e. The standard InChI is InChI=1S/C14H16N2O4S/c1-9(17)13-8-12(16(18)19)14(21-13)15(2)10-5-4-6-11(7-10)20-3/h4-9,17H,1-3H3. The van der Waals surface area contributed by atoms with Crippen molar-refractivity contribution in [2.45, 2.75) is 13.0 Å². The first-order chi connectivity index (χ1) is 9.93. The highest BCUT2D eigenvalue weighted by Crippen LogP contribution is 2.42. The summed E-state index contributed by atoms with van der Waals surface area (Å²) in [5, 5.41) is 21.3. The van der Waals surface area contributed by atoms with E-state index in [-0.39, 0.29) is 5.69 Å². The first-order valence-corrected chi connectivity index (χ1v) is 7.09. The van der Waals surface area contributed by atoms with Crippen LogP contribution in [0, 0.1) is 10.1 Å². The molecule has 112 valence electrons. The molecule has 1 unspecified atom stereocenters. The van der Waals surface area contributed by atoms with Crippen LogP contribution >= 0.6 is 11.3 Å². The normalized spacial score (nSPS) is 12.0. The van der Waals surface area contributed by atoms with Gasteiger partial charge in [-0.05, 0) is 19.1 Å². The predicted molar refractivity (Wildman–Crippen MR) is 82.7 cm³/mol. The predicted octanol–water partition coefficient (Wildman–Crippen LogP) is 3.49. The lowest BCUT2D eigenvalue weighted by Gasteiger charge is -2.17. The fourth-order valence-electron chi connectivity index (χ4n) is 1.90. The quantitative estimate of drug-likeness (QED) is 0.676. The van der Waals surface area contributed by atoms with Gasteiger partial charge in [0.1, 0.15) is 5.75 Å². The van der Waals surface area contributed by atoms with E-state index in [1.807, 2.05) is 12.1 Å². The third kappa shape index (κ3) is 3.14. The SMILES string of the molecule is COc1cccc(N(C)c2sc(C(C)O)cc2[N+](=O)[O-])c1. The average molecular weight is 308 g/mol. The molecule has 6 nitrogen and oxygen atoms in total. The number of hydrogen-bond donors (Lipinski definition) is 1. The van der Waals surface area contributed by atoms with Crippen LogP contribution in [0.4, 0.5) is 16.4 Å². The summed E-state index contributed by atoms with van der Waals surface area (Å²) in [4.78, 5) is 13.0. The van der Waals surface area contributed by atoms with E-state index in [0.29, 0.717) is 15.6 Å². The number of rotatable bonds is 5. The number of aliphatic hydroxyl groups is 1. The van der Waals surface area contributed by atoms with Gasteiger partial charge in [-0.1, -0.05) is 6.07 Å². The summed E-state index contributed by atoms with van der Waals surface area (Å²) < 4.78 is 5.16. The third-order valence-electron chi connectivity index (χ3n) is 3.07. The fraction of sp³-hybridized carbons (Fsp3) is 0.286. The second-order valence-corrected chi connectivity index (χ2v) is 5.59. The summed E-state index contributed by atoms with van der Waals surface area (Å²) in [6.07, 6.45) is -0.735. The number of nitrogens with zero attached hydrogens (tertiary/aromatic N) is 2. The van der Waals surface area contributed by atoms with Gasteiger partial charge in [-0.25, -0.2) is 0 Å². The Morgan fingerprint density at radius 2 is 2.14 bits per heavy atom. The van der Waals surface area contributed by atoms with E-state index >= 15 is 0 Å². The van der Waals surface area contributed by atoms with Crippen molar-refractivity contribution in [3.8, 4) is 5.75 Å². The number of aliphatic hydroxyl groups excluding tert-OH is 1. The summed E-state index contributed by atoms with van der Waals surface area (Å²) in [5.41, 5.74) is 0.762. The van der Waals surface area contributed by atoms with Crippen molar-refractivity contribution < 1.29 is 14.8 Å². The molecular weight excluding hydrogens is 292 g/mol. The number of ether oxygens (including phenoxy) is 1. The van der Waals surface area contributed by atoms with Gasteiger partial charge >= 0.3 is 5.69 Å². The topological polar surface area (TPSA) is 75.8 Å². The molecule has 2 aromatic rings. The molecular formula is C14H16N2O4S. The van der Waals surface area contributed by atoms with Gasteiger partial charge in [0.15, 0.2) is 5.00 Å². The zero-order chi connectivity index (χ0) is 15.6. The van der Waals surface area contributed by atoms with Crippen molar-refractivity contribution >= 4 is 27.7 Å². The number of nitro groups is 1. The molecule has 1 N–H and O–H groups in total. The molecule has 0 saturated heterocycles. The Morgan fingerprint density at radius 3 is 2.71 bits per heavy atom. The first kappa shape index (κ1) is 15.3. The molecule has 0 aliphatic heterocycles. The number of methoxy groups -OCH3 is 1. The van der Waals surface area contributed by atoms with Crippen LogP contribution < -0.4 is 9.64 Å².